The van der Waals surface area contributed by atoms with Crippen molar-refractivity contribution in [3.8, 4) is 0 Å². The van der Waals surface area contributed by atoms with Gasteiger partial charge in [-0.15, -0.1) is 11.3 Å². The molecular weight excluding hydrogens is 242 g/mol. The van der Waals surface area contributed by atoms with Gasteiger partial charge in [-0.05, 0) is 33.0 Å². The van der Waals surface area contributed by atoms with E-state index in [1.54, 1.807) is 11.3 Å². The van der Waals surface area contributed by atoms with Gasteiger partial charge in [0.05, 0.1) is 0 Å². The Morgan fingerprint density at radius 1 is 1.50 bits per heavy atom. The Hall–Kier alpha value is -0.160. The third kappa shape index (κ3) is 3.70. The van der Waals surface area contributed by atoms with Crippen LogP contribution >= 0.6 is 22.9 Å². The quantitative estimate of drug-likeness (QED) is 0.809. The Bertz CT molecular complexity index is 323. The summed E-state index contributed by atoms with van der Waals surface area (Å²) in [6.45, 7) is 5.82. The van der Waals surface area contributed by atoms with Crippen LogP contribution in [0.15, 0.2) is 6.20 Å². The van der Waals surface area contributed by atoms with E-state index in [0.29, 0.717) is 4.47 Å². The van der Waals surface area contributed by atoms with Crippen LogP contribution in [0.3, 0.4) is 0 Å². The number of hydrogen-bond donors (Lipinski definition) is 0. The minimum absolute atomic E-state index is 0.642. The van der Waals surface area contributed by atoms with Crippen LogP contribution in [-0.2, 0) is 6.54 Å². The second-order valence-corrected chi connectivity index (χ2v) is 6.06. The Balaban J connectivity index is 1.69. The van der Waals surface area contributed by atoms with E-state index in [-0.39, 0.29) is 0 Å². The lowest BCUT2D eigenvalue weighted by Crippen LogP contribution is -2.30. The lowest BCUT2D eigenvalue weighted by Gasteiger charge is -2.20. The number of likely N-dealkylation sites (N-methyl/N-ethyl adjacent to an activating group) is 1. The predicted molar refractivity (Wildman–Crippen MR) is 69.1 cm³/mol. The van der Waals surface area contributed by atoms with Crippen molar-refractivity contribution in [2.75, 3.05) is 33.2 Å². The molecule has 1 saturated heterocycles. The fourth-order valence-electron chi connectivity index (χ4n) is 2.02. The number of rotatable bonds is 5. The third-order valence-corrected chi connectivity index (χ3v) is 4.05. The molecule has 0 radical (unpaired) electrons. The Morgan fingerprint density at radius 2 is 2.25 bits per heavy atom. The van der Waals surface area contributed by atoms with Gasteiger partial charge in [-0.3, -0.25) is 4.90 Å². The maximum Gasteiger partial charge on any atom is 0.183 e. The highest BCUT2D eigenvalue weighted by Gasteiger charge is 2.12. The van der Waals surface area contributed by atoms with Gasteiger partial charge in [0.25, 0.3) is 0 Å². The summed E-state index contributed by atoms with van der Waals surface area (Å²) >= 11 is 7.38. The molecule has 1 fully saturated rings. The summed E-state index contributed by atoms with van der Waals surface area (Å²) in [5.41, 5.74) is 0. The van der Waals surface area contributed by atoms with E-state index in [9.17, 15) is 0 Å². The molecule has 90 valence electrons. The van der Waals surface area contributed by atoms with E-state index < -0.39 is 0 Å². The molecule has 0 saturated carbocycles. The number of hydrogen-bond acceptors (Lipinski definition) is 4. The number of likely N-dealkylation sites (tertiary alicyclic amines) is 1. The van der Waals surface area contributed by atoms with Crippen LogP contribution in [0.2, 0.25) is 4.47 Å². The fourth-order valence-corrected chi connectivity index (χ4v) is 3.08. The number of thiazole rings is 1. The largest absolute Gasteiger partial charge is 0.302 e. The molecule has 1 aromatic rings. The van der Waals surface area contributed by atoms with Crippen LogP contribution in [0.4, 0.5) is 0 Å². The molecule has 5 heteroatoms. The first-order valence-corrected chi connectivity index (χ1v) is 6.94. The molecule has 1 aliphatic rings. The van der Waals surface area contributed by atoms with Gasteiger partial charge in [-0.2, -0.15) is 0 Å². The standard InChI is InChI=1S/C11H18ClN3S/c1-14(6-7-15-4-2-3-5-15)9-10-8-13-11(12)16-10/h8H,2-7,9H2,1H3. The van der Waals surface area contributed by atoms with E-state index in [1.165, 1.54) is 37.4 Å². The number of nitrogens with zero attached hydrogens (tertiary/aromatic N) is 3. The van der Waals surface area contributed by atoms with E-state index in [2.05, 4.69) is 21.8 Å². The summed E-state index contributed by atoms with van der Waals surface area (Å²) in [5, 5.41) is 0. The van der Waals surface area contributed by atoms with Crippen molar-refractivity contribution in [3.05, 3.63) is 15.5 Å². The molecule has 0 amide bonds. The van der Waals surface area contributed by atoms with E-state index in [4.69, 9.17) is 11.6 Å². The Labute approximate surface area is 106 Å². The molecule has 0 aliphatic carbocycles. The fraction of sp³-hybridized carbons (Fsp3) is 0.727. The minimum Gasteiger partial charge on any atom is -0.302 e. The molecule has 2 heterocycles. The van der Waals surface area contributed by atoms with Crippen molar-refractivity contribution >= 4 is 22.9 Å². The van der Waals surface area contributed by atoms with E-state index in [0.717, 1.165) is 13.1 Å². The van der Waals surface area contributed by atoms with Gasteiger partial charge in [0.2, 0.25) is 0 Å². The first kappa shape index (κ1) is 12.3. The van der Waals surface area contributed by atoms with Gasteiger partial charge in [0.1, 0.15) is 0 Å². The first-order valence-electron chi connectivity index (χ1n) is 5.75. The van der Waals surface area contributed by atoms with Crippen LogP contribution in [0, 0.1) is 0 Å². The average Bonchev–Trinajstić information content (AvgIpc) is 2.87. The molecule has 1 aromatic heterocycles. The monoisotopic (exact) mass is 259 g/mol. The van der Waals surface area contributed by atoms with Gasteiger partial charge in [0, 0.05) is 30.7 Å². The Morgan fingerprint density at radius 3 is 2.88 bits per heavy atom. The van der Waals surface area contributed by atoms with Crippen molar-refractivity contribution in [1.82, 2.24) is 14.8 Å². The lowest BCUT2D eigenvalue weighted by atomic mass is 10.4. The molecule has 0 unspecified atom stereocenters. The maximum atomic E-state index is 5.81. The average molecular weight is 260 g/mol. The summed E-state index contributed by atoms with van der Waals surface area (Å²) in [4.78, 5) is 10.2. The molecule has 1 aliphatic heterocycles. The first-order chi connectivity index (χ1) is 7.74. The Kier molecular flexibility index (Phi) is 4.58. The molecule has 0 atom stereocenters. The SMILES string of the molecule is CN(CCN1CCCC1)Cc1cnc(Cl)s1. The topological polar surface area (TPSA) is 19.4 Å². The van der Waals surface area contributed by atoms with Gasteiger partial charge >= 0.3 is 0 Å². The van der Waals surface area contributed by atoms with E-state index >= 15 is 0 Å². The normalized spacial score (nSPS) is 17.4. The molecule has 16 heavy (non-hydrogen) atoms. The second kappa shape index (κ2) is 5.96. The zero-order valence-corrected chi connectivity index (χ0v) is 11.2. The molecular formula is C11H18ClN3S. The molecule has 0 spiro atoms. The summed E-state index contributed by atoms with van der Waals surface area (Å²) in [6.07, 6.45) is 4.61. The molecule has 0 bridgehead atoms. The highest BCUT2D eigenvalue weighted by atomic mass is 35.5. The molecule has 0 aromatic carbocycles. The minimum atomic E-state index is 0.642. The van der Waals surface area contributed by atoms with Crippen molar-refractivity contribution in [2.24, 2.45) is 0 Å². The van der Waals surface area contributed by atoms with Crippen LogP contribution < -0.4 is 0 Å². The number of halogens is 1. The molecule has 3 nitrogen and oxygen atoms in total. The van der Waals surface area contributed by atoms with Crippen molar-refractivity contribution in [3.63, 3.8) is 0 Å². The summed E-state index contributed by atoms with van der Waals surface area (Å²) in [7, 11) is 2.16. The van der Waals surface area contributed by atoms with Crippen molar-refractivity contribution in [1.29, 1.82) is 0 Å². The van der Waals surface area contributed by atoms with Crippen LogP contribution in [0.5, 0.6) is 0 Å². The lowest BCUT2D eigenvalue weighted by molar-refractivity contribution is 0.253. The van der Waals surface area contributed by atoms with Crippen molar-refractivity contribution < 1.29 is 0 Å². The zero-order valence-electron chi connectivity index (χ0n) is 9.65. The predicted octanol–water partition coefficient (Wildman–Crippen LogP) is 2.32. The summed E-state index contributed by atoms with van der Waals surface area (Å²) in [6, 6.07) is 0. The zero-order chi connectivity index (χ0) is 11.4. The second-order valence-electron chi connectivity index (χ2n) is 4.37. The summed E-state index contributed by atoms with van der Waals surface area (Å²) < 4.78 is 0.642. The van der Waals surface area contributed by atoms with Crippen molar-refractivity contribution in [2.45, 2.75) is 19.4 Å². The van der Waals surface area contributed by atoms with Gasteiger partial charge in [-0.1, -0.05) is 11.6 Å². The van der Waals surface area contributed by atoms with Crippen LogP contribution in [0.1, 0.15) is 17.7 Å². The van der Waals surface area contributed by atoms with Gasteiger partial charge in [0.15, 0.2) is 4.47 Å². The van der Waals surface area contributed by atoms with Crippen LogP contribution in [-0.4, -0.2) is 48.0 Å². The molecule has 0 N–H and O–H groups in total. The van der Waals surface area contributed by atoms with Gasteiger partial charge in [-0.25, -0.2) is 4.98 Å². The third-order valence-electron chi connectivity index (χ3n) is 2.95. The highest BCUT2D eigenvalue weighted by molar-refractivity contribution is 7.15. The smallest absolute Gasteiger partial charge is 0.183 e. The molecule has 2 rings (SSSR count). The number of aromatic nitrogens is 1. The summed E-state index contributed by atoms with van der Waals surface area (Å²) in [5.74, 6) is 0. The van der Waals surface area contributed by atoms with Crippen LogP contribution in [0.25, 0.3) is 0 Å². The highest BCUT2D eigenvalue weighted by Crippen LogP contribution is 2.18. The van der Waals surface area contributed by atoms with E-state index in [1.807, 2.05) is 6.20 Å². The maximum absolute atomic E-state index is 5.81. The van der Waals surface area contributed by atoms with Gasteiger partial charge < -0.3 is 4.90 Å².